The lowest BCUT2D eigenvalue weighted by Gasteiger charge is -2.17. The maximum absolute atomic E-state index is 13.6. The van der Waals surface area contributed by atoms with Crippen LogP contribution in [0.4, 0.5) is 4.39 Å². The van der Waals surface area contributed by atoms with Crippen LogP contribution in [-0.4, -0.2) is 72.0 Å². The number of aromatic nitrogens is 2. The lowest BCUT2D eigenvalue weighted by atomic mass is 10.1. The van der Waals surface area contributed by atoms with Gasteiger partial charge in [0.15, 0.2) is 17.7 Å². The van der Waals surface area contributed by atoms with E-state index in [1.165, 1.54) is 33.5 Å². The minimum atomic E-state index is -1.66. The van der Waals surface area contributed by atoms with Crippen LogP contribution in [0.2, 0.25) is 0 Å². The van der Waals surface area contributed by atoms with Gasteiger partial charge in [0.2, 0.25) is 11.6 Å². The summed E-state index contributed by atoms with van der Waals surface area (Å²) in [7, 11) is 4.15. The van der Waals surface area contributed by atoms with E-state index in [4.69, 9.17) is 23.7 Å². The zero-order valence-electron chi connectivity index (χ0n) is 17.2. The molecule has 1 aromatic heterocycles. The summed E-state index contributed by atoms with van der Waals surface area (Å²) in [5.74, 6) is -1.42. The number of aliphatic hydroxyl groups excluding tert-OH is 2. The second kappa shape index (κ2) is 9.38. The number of carbonyl (C=O) groups excluding carboxylic acids is 1. The summed E-state index contributed by atoms with van der Waals surface area (Å²) in [6.45, 7) is -0.509. The molecule has 13 heteroatoms. The van der Waals surface area contributed by atoms with Crippen molar-refractivity contribution in [2.75, 3.05) is 27.9 Å². The number of esters is 1. The molecular weight excluding hydrogens is 435 g/mol. The quantitative estimate of drug-likeness (QED) is 0.449. The van der Waals surface area contributed by atoms with Crippen LogP contribution in [0.1, 0.15) is 16.6 Å². The van der Waals surface area contributed by atoms with Crippen LogP contribution in [-0.2, 0) is 9.47 Å². The number of benzene rings is 1. The van der Waals surface area contributed by atoms with Crippen molar-refractivity contribution in [3.05, 3.63) is 50.5 Å². The van der Waals surface area contributed by atoms with Crippen molar-refractivity contribution in [3.8, 4) is 17.2 Å². The van der Waals surface area contributed by atoms with E-state index in [1.807, 2.05) is 0 Å². The number of hydrogen-bond donors (Lipinski definition) is 3. The number of H-pyrrole nitrogens is 1. The van der Waals surface area contributed by atoms with Crippen LogP contribution in [0.5, 0.6) is 17.2 Å². The van der Waals surface area contributed by atoms with Gasteiger partial charge in [0.1, 0.15) is 24.9 Å². The van der Waals surface area contributed by atoms with Crippen LogP contribution in [0.15, 0.2) is 27.9 Å². The molecule has 2 heterocycles. The van der Waals surface area contributed by atoms with Crippen LogP contribution in [0.25, 0.3) is 0 Å². The fraction of sp³-hybridized carbons (Fsp3) is 0.421. The van der Waals surface area contributed by atoms with Gasteiger partial charge in [0, 0.05) is 0 Å². The van der Waals surface area contributed by atoms with E-state index in [0.717, 1.165) is 0 Å². The van der Waals surface area contributed by atoms with Crippen molar-refractivity contribution in [3.63, 3.8) is 0 Å². The van der Waals surface area contributed by atoms with Gasteiger partial charge in [0.25, 0.3) is 5.56 Å². The van der Waals surface area contributed by atoms with Gasteiger partial charge in [-0.25, -0.2) is 9.59 Å². The molecule has 0 aliphatic carbocycles. The molecular formula is C19H21FN2O10. The molecule has 1 aromatic carbocycles. The summed E-state index contributed by atoms with van der Waals surface area (Å²) in [6.07, 6.45) is -5.46. The molecule has 174 valence electrons. The molecule has 0 spiro atoms. The molecule has 2 aromatic rings. The fourth-order valence-corrected chi connectivity index (χ4v) is 3.19. The zero-order valence-corrected chi connectivity index (χ0v) is 17.2. The van der Waals surface area contributed by atoms with E-state index < -0.39 is 54.2 Å². The first-order valence-corrected chi connectivity index (χ1v) is 9.21. The topological polar surface area (TPSA) is 159 Å². The standard InChI is InChI=1S/C19H21FN2O10/c1-28-10-4-8(5-11(29-2)15(10)30-3)18(26)31-7-12-13(23)14(24)17(32-12)22-6-9(20)16(25)21-19(22)27/h4-6,12-14,17,23-24H,7H2,1-3H3,(H,21,25,27)/t12-,13?,14?,17-/m0/s1. The fourth-order valence-electron chi connectivity index (χ4n) is 3.19. The van der Waals surface area contributed by atoms with Crippen LogP contribution in [0.3, 0.4) is 0 Å². The van der Waals surface area contributed by atoms with E-state index in [-0.39, 0.29) is 22.8 Å². The van der Waals surface area contributed by atoms with Crippen molar-refractivity contribution < 1.29 is 43.1 Å². The summed E-state index contributed by atoms with van der Waals surface area (Å²) in [4.78, 5) is 37.3. The number of nitrogens with zero attached hydrogens (tertiary/aromatic N) is 1. The van der Waals surface area contributed by atoms with E-state index in [2.05, 4.69) is 0 Å². The first-order chi connectivity index (χ1) is 15.2. The monoisotopic (exact) mass is 456 g/mol. The lowest BCUT2D eigenvalue weighted by molar-refractivity contribution is -0.0602. The van der Waals surface area contributed by atoms with Crippen molar-refractivity contribution in [1.82, 2.24) is 9.55 Å². The minimum Gasteiger partial charge on any atom is -0.493 e. The largest absolute Gasteiger partial charge is 0.493 e. The Balaban J connectivity index is 1.75. The van der Waals surface area contributed by atoms with Crippen molar-refractivity contribution in [2.45, 2.75) is 24.5 Å². The molecule has 2 unspecified atom stereocenters. The maximum atomic E-state index is 13.6. The van der Waals surface area contributed by atoms with E-state index in [9.17, 15) is 29.0 Å². The van der Waals surface area contributed by atoms with Crippen molar-refractivity contribution in [2.24, 2.45) is 0 Å². The van der Waals surface area contributed by atoms with Crippen LogP contribution in [0, 0.1) is 5.82 Å². The Labute approximate surface area is 179 Å². The van der Waals surface area contributed by atoms with Gasteiger partial charge in [-0.3, -0.25) is 14.3 Å². The number of nitrogens with one attached hydrogen (secondary N) is 1. The SMILES string of the molecule is COc1cc(C(=O)OC[C@@H]2O[C@H](n3cc(F)c(=O)[nH]c3=O)C(O)C2O)cc(OC)c1OC. The highest BCUT2D eigenvalue weighted by Gasteiger charge is 2.45. The first kappa shape index (κ1) is 23.2. The van der Waals surface area contributed by atoms with Gasteiger partial charge in [-0.1, -0.05) is 0 Å². The number of aliphatic hydroxyl groups is 2. The molecule has 1 saturated heterocycles. The second-order valence-corrected chi connectivity index (χ2v) is 6.70. The van der Waals surface area contributed by atoms with Crippen LogP contribution >= 0.6 is 0 Å². The van der Waals surface area contributed by atoms with E-state index in [0.29, 0.717) is 10.8 Å². The lowest BCUT2D eigenvalue weighted by Crippen LogP contribution is -2.38. The third-order valence-electron chi connectivity index (χ3n) is 4.81. The molecule has 3 N–H and O–H groups in total. The maximum Gasteiger partial charge on any atom is 0.338 e. The molecule has 4 atom stereocenters. The third-order valence-corrected chi connectivity index (χ3v) is 4.81. The average Bonchev–Trinajstić information content (AvgIpc) is 3.07. The molecule has 12 nitrogen and oxygen atoms in total. The molecule has 0 amide bonds. The number of methoxy groups -OCH3 is 3. The summed E-state index contributed by atoms with van der Waals surface area (Å²) in [5, 5.41) is 20.4. The van der Waals surface area contributed by atoms with Crippen molar-refractivity contribution >= 4 is 5.97 Å². The average molecular weight is 456 g/mol. The van der Waals surface area contributed by atoms with Gasteiger partial charge in [-0.15, -0.1) is 0 Å². The summed E-state index contributed by atoms with van der Waals surface area (Å²) in [6, 6.07) is 2.71. The Morgan fingerprint density at radius 1 is 1.12 bits per heavy atom. The summed E-state index contributed by atoms with van der Waals surface area (Å²) in [5.41, 5.74) is -2.25. The highest BCUT2D eigenvalue weighted by Crippen LogP contribution is 2.38. The molecule has 1 aliphatic heterocycles. The number of aromatic amines is 1. The molecule has 32 heavy (non-hydrogen) atoms. The number of ether oxygens (including phenoxy) is 5. The van der Waals surface area contributed by atoms with E-state index in [1.54, 1.807) is 4.98 Å². The predicted octanol–water partition coefficient (Wildman–Crippen LogP) is -0.822. The number of halogens is 1. The Kier molecular flexibility index (Phi) is 6.81. The third kappa shape index (κ3) is 4.30. The molecule has 3 rings (SSSR count). The smallest absolute Gasteiger partial charge is 0.338 e. The summed E-state index contributed by atoms with van der Waals surface area (Å²) >= 11 is 0. The first-order valence-electron chi connectivity index (χ1n) is 9.21. The van der Waals surface area contributed by atoms with Gasteiger partial charge >= 0.3 is 11.7 Å². The van der Waals surface area contributed by atoms with Gasteiger partial charge in [-0.2, -0.15) is 4.39 Å². The van der Waals surface area contributed by atoms with Gasteiger partial charge in [-0.05, 0) is 12.1 Å². The normalized spacial score (nSPS) is 22.4. The minimum absolute atomic E-state index is 0.0445. The summed E-state index contributed by atoms with van der Waals surface area (Å²) < 4.78 is 40.2. The predicted molar refractivity (Wildman–Crippen MR) is 104 cm³/mol. The highest BCUT2D eigenvalue weighted by atomic mass is 19.1. The van der Waals surface area contributed by atoms with E-state index >= 15 is 0 Å². The Hall–Kier alpha value is -3.42. The number of hydrogen-bond acceptors (Lipinski definition) is 10. The molecule has 1 aliphatic rings. The molecule has 0 saturated carbocycles. The zero-order chi connectivity index (χ0) is 23.6. The van der Waals surface area contributed by atoms with Gasteiger partial charge < -0.3 is 33.9 Å². The Morgan fingerprint density at radius 2 is 1.75 bits per heavy atom. The molecule has 0 radical (unpaired) electrons. The second-order valence-electron chi connectivity index (χ2n) is 6.70. The van der Waals surface area contributed by atoms with Crippen LogP contribution < -0.4 is 25.5 Å². The number of carbonyl (C=O) groups is 1. The molecule has 1 fully saturated rings. The molecule has 0 bridgehead atoms. The Morgan fingerprint density at radius 3 is 2.31 bits per heavy atom. The number of rotatable bonds is 7. The van der Waals surface area contributed by atoms with Gasteiger partial charge in [0.05, 0.1) is 33.1 Å². The Bertz CT molecular complexity index is 1090. The van der Waals surface area contributed by atoms with Crippen molar-refractivity contribution in [1.29, 1.82) is 0 Å². The highest BCUT2D eigenvalue weighted by molar-refractivity contribution is 5.91.